The molecule has 6 rings (SSSR count). The van der Waals surface area contributed by atoms with Crippen molar-refractivity contribution in [2.75, 3.05) is 40.6 Å². The van der Waals surface area contributed by atoms with Crippen LogP contribution in [0.2, 0.25) is 0 Å². The summed E-state index contributed by atoms with van der Waals surface area (Å²) in [5, 5.41) is 14.6. The first-order chi connectivity index (χ1) is 22.6. The smallest absolute Gasteiger partial charge is 0.337 e. The van der Waals surface area contributed by atoms with Gasteiger partial charge in [-0.1, -0.05) is 24.3 Å². The fourth-order valence-corrected chi connectivity index (χ4v) is 5.89. The number of amides is 2. The molecule has 10 nitrogen and oxygen atoms in total. The van der Waals surface area contributed by atoms with Crippen LogP contribution in [0.3, 0.4) is 0 Å². The van der Waals surface area contributed by atoms with Crippen LogP contribution in [-0.4, -0.2) is 49.1 Å². The normalized spacial score (nSPS) is 12.7. The second-order valence-electron chi connectivity index (χ2n) is 11.6. The van der Waals surface area contributed by atoms with Crippen LogP contribution in [0.5, 0.6) is 0 Å². The fourth-order valence-electron chi connectivity index (χ4n) is 5.89. The first-order valence-electron chi connectivity index (χ1n) is 15.4. The van der Waals surface area contributed by atoms with Gasteiger partial charge in [0.15, 0.2) is 0 Å². The Bertz CT molecular complexity index is 1790. The zero-order valence-electron chi connectivity index (χ0n) is 26.7. The van der Waals surface area contributed by atoms with Gasteiger partial charge in [-0.2, -0.15) is 0 Å². The second kappa shape index (κ2) is 14.6. The number of carboxylic acid groups (broad SMARTS) is 1. The van der Waals surface area contributed by atoms with Crippen molar-refractivity contribution in [3.8, 4) is 0 Å². The third kappa shape index (κ3) is 8.35. The fraction of sp³-hybridized carbons (Fsp3) is 0.243. The molecule has 0 radical (unpaired) electrons. The topological polar surface area (TPSA) is 128 Å². The molecule has 0 aliphatic carbocycles. The molecule has 2 aliphatic rings. The molecule has 4 aromatic carbocycles. The number of carbonyl (C=O) groups excluding carboxylic acids is 3. The molecule has 2 aliphatic heterocycles. The number of esters is 1. The minimum absolute atomic E-state index is 0.0597. The number of fused-ring (bicyclic) bond motifs is 2. The van der Waals surface area contributed by atoms with E-state index >= 15 is 0 Å². The van der Waals surface area contributed by atoms with E-state index in [0.717, 1.165) is 61.5 Å². The molecule has 0 saturated carbocycles. The van der Waals surface area contributed by atoms with Gasteiger partial charge in [0.05, 0.1) is 18.2 Å². The number of methoxy groups -OCH3 is 1. The van der Waals surface area contributed by atoms with Gasteiger partial charge >= 0.3 is 11.9 Å². The van der Waals surface area contributed by atoms with Crippen LogP contribution in [0.4, 0.5) is 22.7 Å². The first-order valence-corrected chi connectivity index (χ1v) is 15.4. The van der Waals surface area contributed by atoms with E-state index < -0.39 is 5.97 Å². The molecule has 0 fully saturated rings. The molecule has 0 saturated heterocycles. The van der Waals surface area contributed by atoms with Crippen LogP contribution >= 0.6 is 0 Å². The number of carboxylic acids is 1. The average Bonchev–Trinajstić information content (AvgIpc) is 3.64. The van der Waals surface area contributed by atoms with Gasteiger partial charge in [0, 0.05) is 62.8 Å². The van der Waals surface area contributed by atoms with E-state index in [2.05, 4.69) is 26.5 Å². The van der Waals surface area contributed by atoms with Gasteiger partial charge in [0.25, 0.3) is 0 Å². The lowest BCUT2D eigenvalue weighted by Gasteiger charge is -2.20. The van der Waals surface area contributed by atoms with Gasteiger partial charge < -0.3 is 30.3 Å². The second-order valence-corrected chi connectivity index (χ2v) is 11.6. The van der Waals surface area contributed by atoms with Crippen molar-refractivity contribution >= 4 is 46.5 Å². The predicted molar refractivity (Wildman–Crippen MR) is 182 cm³/mol. The summed E-state index contributed by atoms with van der Waals surface area (Å²) in [5.74, 6) is -1.36. The highest BCUT2D eigenvalue weighted by Gasteiger charge is 2.21. The number of ether oxygens (including phenoxy) is 1. The summed E-state index contributed by atoms with van der Waals surface area (Å²) < 4.78 is 4.72. The minimum Gasteiger partial charge on any atom is -0.478 e. The number of nitrogens with one attached hydrogen (secondary N) is 2. The Morgan fingerprint density at radius 1 is 0.660 bits per heavy atom. The van der Waals surface area contributed by atoms with Crippen LogP contribution in [0.15, 0.2) is 84.9 Å². The van der Waals surface area contributed by atoms with Gasteiger partial charge in [0.1, 0.15) is 0 Å². The molecule has 10 heteroatoms. The van der Waals surface area contributed by atoms with E-state index in [1.165, 1.54) is 43.5 Å². The number of aromatic carboxylic acids is 1. The molecule has 0 bridgehead atoms. The summed E-state index contributed by atoms with van der Waals surface area (Å²) in [7, 11) is 1.38. The number of nitrogens with zero attached hydrogens (tertiary/aromatic N) is 2. The summed E-state index contributed by atoms with van der Waals surface area (Å²) in [6, 6.07) is 26.4. The van der Waals surface area contributed by atoms with E-state index in [4.69, 9.17) is 9.84 Å². The van der Waals surface area contributed by atoms with Gasteiger partial charge in [-0.3, -0.25) is 9.59 Å². The first kappa shape index (κ1) is 32.7. The minimum atomic E-state index is -0.909. The molecule has 0 spiro atoms. The molecule has 0 aromatic heterocycles. The maximum Gasteiger partial charge on any atom is 0.337 e. The quantitative estimate of drug-likeness (QED) is 0.205. The van der Waals surface area contributed by atoms with Crippen molar-refractivity contribution in [3.63, 3.8) is 0 Å². The lowest BCUT2D eigenvalue weighted by atomic mass is 10.1. The SMILES string of the molecule is CC(=O)Nc1ccc2c(c1)CCN2Cc1ccc(C(=O)O)cc1.COC(=O)c1ccc(CN2CCc3cc(NC(C)=O)ccc32)cc1. The maximum atomic E-state index is 11.5. The standard InChI is InChI=1S/C19H20N2O3.C18H18N2O3/c1-13(22)20-17-7-8-18-16(11-17)9-10-21(18)12-14-3-5-15(6-4-14)19(23)24-2;1-12(21)19-16-6-7-17-15(10-16)8-9-20(17)11-13-2-4-14(5-3-13)18(22)23/h3-8,11H,9-10,12H2,1-2H3,(H,20,22);2-7,10H,8-9,11H2,1H3,(H,19,21)(H,22,23). The molecule has 47 heavy (non-hydrogen) atoms. The summed E-state index contributed by atoms with van der Waals surface area (Å²) in [4.78, 5) is 49.2. The maximum absolute atomic E-state index is 11.5. The number of carbonyl (C=O) groups is 4. The molecular weight excluding hydrogens is 596 g/mol. The third-order valence-corrected chi connectivity index (χ3v) is 8.11. The third-order valence-electron chi connectivity index (χ3n) is 8.11. The summed E-state index contributed by atoms with van der Waals surface area (Å²) >= 11 is 0. The van der Waals surface area contributed by atoms with E-state index in [0.29, 0.717) is 11.1 Å². The zero-order chi connectivity index (χ0) is 33.5. The Morgan fingerprint density at radius 3 is 1.47 bits per heavy atom. The number of hydrogen-bond acceptors (Lipinski definition) is 7. The highest BCUT2D eigenvalue weighted by Crippen LogP contribution is 2.33. The Morgan fingerprint density at radius 2 is 1.09 bits per heavy atom. The van der Waals surface area contributed by atoms with Crippen LogP contribution in [-0.2, 0) is 40.3 Å². The molecule has 0 unspecified atom stereocenters. The Labute approximate surface area is 274 Å². The Balaban J connectivity index is 0.000000185. The van der Waals surface area contributed by atoms with E-state index in [1.54, 1.807) is 24.3 Å². The van der Waals surface area contributed by atoms with Gasteiger partial charge in [0.2, 0.25) is 11.8 Å². The van der Waals surface area contributed by atoms with Gasteiger partial charge in [-0.25, -0.2) is 9.59 Å². The summed E-state index contributed by atoms with van der Waals surface area (Å²) in [6.07, 6.45) is 1.90. The Kier molecular flexibility index (Phi) is 10.2. The van der Waals surface area contributed by atoms with Crippen LogP contribution < -0.4 is 20.4 Å². The largest absolute Gasteiger partial charge is 0.478 e. The van der Waals surface area contributed by atoms with Crippen molar-refractivity contribution in [1.82, 2.24) is 0 Å². The number of rotatable bonds is 8. The van der Waals surface area contributed by atoms with E-state index in [-0.39, 0.29) is 17.8 Å². The number of hydrogen-bond donors (Lipinski definition) is 3. The van der Waals surface area contributed by atoms with Gasteiger partial charge in [-0.05, 0) is 95.8 Å². The number of anilines is 4. The lowest BCUT2D eigenvalue weighted by molar-refractivity contribution is -0.115. The molecule has 0 atom stereocenters. The van der Waals surface area contributed by atoms with E-state index in [9.17, 15) is 19.2 Å². The lowest BCUT2D eigenvalue weighted by Crippen LogP contribution is -2.19. The highest BCUT2D eigenvalue weighted by molar-refractivity contribution is 5.90. The van der Waals surface area contributed by atoms with Crippen molar-refractivity contribution in [2.24, 2.45) is 0 Å². The van der Waals surface area contributed by atoms with Crippen molar-refractivity contribution in [1.29, 1.82) is 0 Å². The zero-order valence-corrected chi connectivity index (χ0v) is 26.7. The van der Waals surface area contributed by atoms with Crippen molar-refractivity contribution < 1.29 is 29.0 Å². The van der Waals surface area contributed by atoms with Crippen LogP contribution in [0.25, 0.3) is 0 Å². The summed E-state index contributed by atoms with van der Waals surface area (Å²) in [6.45, 7) is 6.40. The van der Waals surface area contributed by atoms with Gasteiger partial charge in [-0.15, -0.1) is 0 Å². The average molecular weight is 635 g/mol. The van der Waals surface area contributed by atoms with Crippen molar-refractivity contribution in [3.05, 3.63) is 118 Å². The highest BCUT2D eigenvalue weighted by atomic mass is 16.5. The van der Waals surface area contributed by atoms with E-state index in [1.807, 2.05) is 54.6 Å². The van der Waals surface area contributed by atoms with Crippen molar-refractivity contribution in [2.45, 2.75) is 39.8 Å². The van der Waals surface area contributed by atoms with Crippen LogP contribution in [0, 0.1) is 0 Å². The number of benzene rings is 4. The summed E-state index contributed by atoms with van der Waals surface area (Å²) in [5.41, 5.74) is 9.57. The Hall–Kier alpha value is -5.64. The molecule has 4 aromatic rings. The molecule has 242 valence electrons. The molecule has 2 amide bonds. The monoisotopic (exact) mass is 634 g/mol. The van der Waals surface area contributed by atoms with Crippen LogP contribution in [0.1, 0.15) is 56.8 Å². The predicted octanol–water partition coefficient (Wildman–Crippen LogP) is 5.90. The molecular formula is C37H38N4O6. The molecule has 2 heterocycles. The molecule has 3 N–H and O–H groups in total.